The summed E-state index contributed by atoms with van der Waals surface area (Å²) in [5, 5.41) is 9.31. The van der Waals surface area contributed by atoms with E-state index in [-0.39, 0.29) is 48.4 Å². The number of rotatable bonds is 7. The maximum absolute atomic E-state index is 14.2. The largest absolute Gasteiger partial charge is 0.389 e. The number of hydrogen-bond acceptors (Lipinski definition) is 5. The number of aliphatic hydroxyl groups is 1. The summed E-state index contributed by atoms with van der Waals surface area (Å²) < 4.78 is 38.8. The van der Waals surface area contributed by atoms with Crippen LogP contribution in [0.4, 0.5) is 4.39 Å². The molecule has 194 valence electrons. The van der Waals surface area contributed by atoms with E-state index in [9.17, 15) is 9.50 Å². The van der Waals surface area contributed by atoms with Crippen molar-refractivity contribution in [2.24, 2.45) is 23.7 Å². The molecular weight excluding hydrogens is 447 g/mol. The number of hydrogen-bond donors (Lipinski definition) is 1. The first-order valence-corrected chi connectivity index (χ1v) is 13.5. The molecule has 2 saturated heterocycles. The zero-order chi connectivity index (χ0) is 24.6. The minimum atomic E-state index is -0.520. The van der Waals surface area contributed by atoms with Gasteiger partial charge in [-0.3, -0.25) is 0 Å². The van der Waals surface area contributed by atoms with Crippen LogP contribution in [0.5, 0.6) is 0 Å². The van der Waals surface area contributed by atoms with Crippen LogP contribution < -0.4 is 0 Å². The molecule has 0 aromatic heterocycles. The first-order chi connectivity index (χ1) is 17.1. The van der Waals surface area contributed by atoms with Crippen LogP contribution in [0.2, 0.25) is 0 Å². The Labute approximate surface area is 210 Å². The van der Waals surface area contributed by atoms with Crippen molar-refractivity contribution in [3.05, 3.63) is 11.4 Å². The molecule has 5 nitrogen and oxygen atoms in total. The first kappa shape index (κ1) is 26.6. The fourth-order valence-corrected chi connectivity index (χ4v) is 5.93. The summed E-state index contributed by atoms with van der Waals surface area (Å²) in [4.78, 5) is 0. The molecule has 0 bridgehead atoms. The fourth-order valence-electron chi connectivity index (χ4n) is 5.93. The summed E-state index contributed by atoms with van der Waals surface area (Å²) in [5.74, 6) is 13.4. The van der Waals surface area contributed by atoms with E-state index < -0.39 is 6.61 Å². The predicted octanol–water partition coefficient (Wildman–Crippen LogP) is 5.12. The second kappa shape index (κ2) is 13.2. The minimum absolute atomic E-state index is 0.0163. The lowest BCUT2D eigenvalue weighted by Crippen LogP contribution is -2.32. The molecule has 0 aromatic rings. The molecule has 0 spiro atoms. The lowest BCUT2D eigenvalue weighted by Gasteiger charge is -2.29. The van der Waals surface area contributed by atoms with Gasteiger partial charge in [0.25, 0.3) is 0 Å². The third-order valence-corrected chi connectivity index (χ3v) is 7.93. The minimum Gasteiger partial charge on any atom is -0.389 e. The van der Waals surface area contributed by atoms with Gasteiger partial charge in [-0.15, -0.1) is 11.8 Å². The van der Waals surface area contributed by atoms with E-state index in [0.29, 0.717) is 25.2 Å². The van der Waals surface area contributed by atoms with Crippen LogP contribution in [-0.4, -0.2) is 49.7 Å². The van der Waals surface area contributed by atoms with Crippen LogP contribution in [0, 0.1) is 47.4 Å². The van der Waals surface area contributed by atoms with Crippen molar-refractivity contribution < 1.29 is 28.4 Å². The van der Waals surface area contributed by atoms with E-state index >= 15 is 0 Å². The lowest BCUT2D eigenvalue weighted by atomic mass is 9.90. The summed E-state index contributed by atoms with van der Waals surface area (Å²) in [5.41, 5.74) is 0.747. The van der Waals surface area contributed by atoms with Gasteiger partial charge >= 0.3 is 0 Å². The van der Waals surface area contributed by atoms with Crippen LogP contribution in [0.15, 0.2) is 11.4 Å². The van der Waals surface area contributed by atoms with Crippen molar-refractivity contribution in [3.63, 3.8) is 0 Å². The zero-order valence-electron chi connectivity index (χ0n) is 21.3. The molecule has 0 amide bonds. The van der Waals surface area contributed by atoms with Gasteiger partial charge in [0.15, 0.2) is 12.6 Å². The number of fused-ring (bicyclic) bond motifs is 1. The Bertz CT molecular complexity index is 837. The van der Waals surface area contributed by atoms with E-state index in [1.807, 2.05) is 6.92 Å². The van der Waals surface area contributed by atoms with Gasteiger partial charge in [0.1, 0.15) is 11.9 Å². The second-order valence-electron chi connectivity index (χ2n) is 10.5. The Morgan fingerprint density at radius 2 is 1.86 bits per heavy atom. The molecule has 4 aliphatic rings. The summed E-state index contributed by atoms with van der Waals surface area (Å²) in [6.07, 6.45) is 8.32. The highest BCUT2D eigenvalue weighted by Crippen LogP contribution is 2.52. The Hall–Kier alpha value is -1.41. The molecule has 1 N–H and O–H groups in total. The lowest BCUT2D eigenvalue weighted by molar-refractivity contribution is -0.192. The Balaban J connectivity index is 1.53. The molecule has 2 heterocycles. The molecule has 0 aromatic carbocycles. The third-order valence-electron chi connectivity index (χ3n) is 7.93. The Morgan fingerprint density at radius 1 is 1.11 bits per heavy atom. The van der Waals surface area contributed by atoms with Gasteiger partial charge in [-0.1, -0.05) is 18.8 Å². The van der Waals surface area contributed by atoms with Crippen LogP contribution in [0.25, 0.3) is 0 Å². The smallest absolute Gasteiger partial charge is 0.159 e. The van der Waals surface area contributed by atoms with Crippen molar-refractivity contribution in [3.8, 4) is 23.7 Å². The van der Waals surface area contributed by atoms with Crippen molar-refractivity contribution in [2.75, 3.05) is 19.8 Å². The monoisotopic (exact) mass is 488 g/mol. The average molecular weight is 489 g/mol. The van der Waals surface area contributed by atoms with E-state index in [1.54, 1.807) is 0 Å². The second-order valence-corrected chi connectivity index (χ2v) is 10.5. The molecule has 35 heavy (non-hydrogen) atoms. The summed E-state index contributed by atoms with van der Waals surface area (Å²) in [6.45, 7) is 4.92. The van der Waals surface area contributed by atoms with E-state index in [1.165, 1.54) is 0 Å². The standard InChI is InChI=1S/C29H41FO5/c1-3-4-9-20(2)26(34-28-10-5-7-14-32-28)13-12-23-24-17-22(25(30)19-31)16-21(24)18-27(23)35-29-11-6-8-15-33-29/h20-21,23-24,26-29,31H,5-11,14-19H2,1-2H3/t20?,21-,23+,24-,26+,27+,28?,29?/m0/s1. The van der Waals surface area contributed by atoms with E-state index in [0.717, 1.165) is 63.7 Å². The number of allylic oxidation sites excluding steroid dienone is 1. The van der Waals surface area contributed by atoms with Gasteiger partial charge in [-0.25, -0.2) is 4.39 Å². The topological polar surface area (TPSA) is 57.2 Å². The van der Waals surface area contributed by atoms with Gasteiger partial charge in [0.05, 0.1) is 18.6 Å². The van der Waals surface area contributed by atoms with Crippen LogP contribution >= 0.6 is 0 Å². The maximum atomic E-state index is 14.2. The number of halogens is 1. The van der Waals surface area contributed by atoms with Gasteiger partial charge < -0.3 is 24.1 Å². The highest BCUT2D eigenvalue weighted by molar-refractivity contribution is 5.24. The van der Waals surface area contributed by atoms with Crippen molar-refractivity contribution in [2.45, 2.75) is 103 Å². The van der Waals surface area contributed by atoms with Gasteiger partial charge in [-0.2, -0.15) is 0 Å². The van der Waals surface area contributed by atoms with Gasteiger partial charge in [-0.05, 0) is 82.1 Å². The molecule has 6 heteroatoms. The molecule has 2 aliphatic heterocycles. The molecule has 4 fully saturated rings. The Kier molecular flexibility index (Phi) is 10.1. The summed E-state index contributed by atoms with van der Waals surface area (Å²) in [6, 6.07) is 0. The van der Waals surface area contributed by atoms with Crippen molar-refractivity contribution in [1.82, 2.24) is 0 Å². The molecule has 4 rings (SSSR count). The van der Waals surface area contributed by atoms with Gasteiger partial charge in [0.2, 0.25) is 0 Å². The Morgan fingerprint density at radius 3 is 2.51 bits per heavy atom. The summed E-state index contributed by atoms with van der Waals surface area (Å²) >= 11 is 0. The normalized spacial score (nSPS) is 35.8. The number of aliphatic hydroxyl groups excluding tert-OH is 1. The molecule has 2 saturated carbocycles. The van der Waals surface area contributed by atoms with Crippen molar-refractivity contribution in [1.29, 1.82) is 0 Å². The van der Waals surface area contributed by atoms with E-state index in [4.69, 9.17) is 18.9 Å². The van der Waals surface area contributed by atoms with Crippen LogP contribution in [0.1, 0.15) is 78.1 Å². The summed E-state index contributed by atoms with van der Waals surface area (Å²) in [7, 11) is 0. The molecular formula is C29H41FO5. The molecule has 8 atom stereocenters. The number of ether oxygens (including phenoxy) is 4. The SMILES string of the molecule is CC#CCC(C)[C@@H](C#C[C@@H]1[C@H]2CC(=C(F)CO)C[C@H]2C[C@H]1OC1CCCCO1)OC1CCCCO1. The average Bonchev–Trinajstić information content (AvgIpc) is 3.44. The maximum Gasteiger partial charge on any atom is 0.159 e. The molecule has 0 radical (unpaired) electrons. The molecule has 3 unspecified atom stereocenters. The van der Waals surface area contributed by atoms with Crippen LogP contribution in [-0.2, 0) is 18.9 Å². The predicted molar refractivity (Wildman–Crippen MR) is 131 cm³/mol. The zero-order valence-corrected chi connectivity index (χ0v) is 21.3. The van der Waals surface area contributed by atoms with Crippen LogP contribution in [0.3, 0.4) is 0 Å². The first-order valence-electron chi connectivity index (χ1n) is 13.5. The highest BCUT2D eigenvalue weighted by atomic mass is 19.1. The highest BCUT2D eigenvalue weighted by Gasteiger charge is 2.48. The molecule has 2 aliphatic carbocycles. The van der Waals surface area contributed by atoms with Crippen molar-refractivity contribution >= 4 is 0 Å². The fraction of sp³-hybridized carbons (Fsp3) is 0.793. The third kappa shape index (κ3) is 7.09. The van der Waals surface area contributed by atoms with Gasteiger partial charge in [0, 0.05) is 25.6 Å². The quantitative estimate of drug-likeness (QED) is 0.504. The van der Waals surface area contributed by atoms with E-state index in [2.05, 4.69) is 30.6 Å².